The Morgan fingerprint density at radius 3 is 2.72 bits per heavy atom. The largest absolute Gasteiger partial charge is 0.388 e. The monoisotopic (exact) mass is 454 g/mol. The van der Waals surface area contributed by atoms with E-state index >= 15 is 0 Å². The summed E-state index contributed by atoms with van der Waals surface area (Å²) in [5.41, 5.74) is 4.29. The summed E-state index contributed by atoms with van der Waals surface area (Å²) in [5.74, 6) is -0.247. The van der Waals surface area contributed by atoms with Gasteiger partial charge in [0, 0.05) is 60.3 Å². The molecule has 1 aromatic carbocycles. The molecule has 3 aliphatic rings. The Labute approximate surface area is 192 Å². The molecule has 0 bridgehead atoms. The summed E-state index contributed by atoms with van der Waals surface area (Å²) in [6.45, 7) is 4.49. The summed E-state index contributed by atoms with van der Waals surface area (Å²) in [5, 5.41) is 14.4. The van der Waals surface area contributed by atoms with Crippen LogP contribution in [0.5, 0.6) is 0 Å². The molecule has 7 nitrogen and oxygen atoms in total. The fourth-order valence-corrected chi connectivity index (χ4v) is 5.13. The summed E-state index contributed by atoms with van der Waals surface area (Å²) in [7, 11) is 2.05. The first-order valence-electron chi connectivity index (χ1n) is 11.0. The van der Waals surface area contributed by atoms with Crippen LogP contribution in [0.15, 0.2) is 18.2 Å². The Morgan fingerprint density at radius 2 is 1.97 bits per heavy atom. The second kappa shape index (κ2) is 7.76. The zero-order chi connectivity index (χ0) is 22.6. The molecule has 1 fully saturated rings. The molecule has 32 heavy (non-hydrogen) atoms. The minimum absolute atomic E-state index is 0.0590. The molecule has 2 amide bonds. The van der Waals surface area contributed by atoms with Crippen LogP contribution in [0.4, 0.5) is 5.69 Å². The van der Waals surface area contributed by atoms with Crippen molar-refractivity contribution >= 4 is 40.8 Å². The Hall–Kier alpha value is -2.61. The number of β-amino-alcohol motifs (C(OH)–C–C–N with tert-alkyl or cyclic N) is 1. The molecule has 5 rings (SSSR count). The maximum atomic E-state index is 13.3. The number of hydrogen-bond donors (Lipinski definition) is 3. The van der Waals surface area contributed by atoms with Crippen LogP contribution in [-0.2, 0) is 11.2 Å². The fourth-order valence-electron chi connectivity index (χ4n) is 4.95. The number of halogens is 1. The number of carbonyl (C=O) groups is 2. The highest BCUT2D eigenvalue weighted by Crippen LogP contribution is 2.36. The number of aromatic amines is 1. The number of rotatable bonds is 3. The maximum absolute atomic E-state index is 13.3. The molecule has 3 N–H and O–H groups in total. The Bertz CT molecular complexity index is 1140. The highest BCUT2D eigenvalue weighted by atomic mass is 35.5. The number of aromatic nitrogens is 1. The highest BCUT2D eigenvalue weighted by Gasteiger charge is 2.37. The summed E-state index contributed by atoms with van der Waals surface area (Å²) in [4.78, 5) is 33.2. The first kappa shape index (κ1) is 21.2. The smallest absolute Gasteiger partial charge is 0.256 e. The van der Waals surface area contributed by atoms with Crippen molar-refractivity contribution in [1.29, 1.82) is 0 Å². The summed E-state index contributed by atoms with van der Waals surface area (Å²) in [6.07, 6.45) is 3.82. The van der Waals surface area contributed by atoms with Crippen LogP contribution in [-0.4, -0.2) is 70.5 Å². The van der Waals surface area contributed by atoms with Crippen LogP contribution in [0, 0.1) is 6.92 Å². The minimum atomic E-state index is -0.834. The van der Waals surface area contributed by atoms with Gasteiger partial charge in [-0.3, -0.25) is 9.59 Å². The van der Waals surface area contributed by atoms with Crippen molar-refractivity contribution in [2.45, 2.75) is 31.8 Å². The van der Waals surface area contributed by atoms with Gasteiger partial charge in [0.2, 0.25) is 0 Å². The molecule has 0 unspecified atom stereocenters. The predicted molar refractivity (Wildman–Crippen MR) is 125 cm³/mol. The van der Waals surface area contributed by atoms with E-state index in [4.69, 9.17) is 11.6 Å². The van der Waals surface area contributed by atoms with E-state index in [1.807, 2.05) is 14.0 Å². The lowest BCUT2D eigenvalue weighted by Gasteiger charge is -2.40. The van der Waals surface area contributed by atoms with Gasteiger partial charge in [-0.05, 0) is 56.7 Å². The average molecular weight is 455 g/mol. The molecule has 0 saturated carbocycles. The third-order valence-electron chi connectivity index (χ3n) is 6.96. The van der Waals surface area contributed by atoms with E-state index in [0.717, 1.165) is 41.3 Å². The normalized spacial score (nSPS) is 21.6. The molecule has 0 radical (unpaired) electrons. The standard InChI is InChI=1S/C24H27ClN4O3/c1-14-20(12-17-16-11-15(25)3-4-18(16)27-22(17)30)26-19-5-8-29(23(31)21(14)19)13-24(32)6-9-28(2)10-7-24/h3-4,11-12,26,32H,5-10,13H2,1-2H3,(H,27,30)/b17-12-. The van der Waals surface area contributed by atoms with Gasteiger partial charge >= 0.3 is 0 Å². The lowest BCUT2D eigenvalue weighted by Crippen LogP contribution is -2.52. The van der Waals surface area contributed by atoms with Crippen LogP contribution in [0.25, 0.3) is 11.6 Å². The van der Waals surface area contributed by atoms with Gasteiger partial charge in [-0.2, -0.15) is 0 Å². The number of nitrogens with one attached hydrogen (secondary N) is 2. The lowest BCUT2D eigenvalue weighted by molar-refractivity contribution is -0.110. The fraction of sp³-hybridized carbons (Fsp3) is 0.417. The third-order valence-corrected chi connectivity index (χ3v) is 7.19. The molecule has 2 aromatic rings. The number of H-pyrrole nitrogens is 1. The molecule has 168 valence electrons. The van der Waals surface area contributed by atoms with Crippen molar-refractivity contribution in [1.82, 2.24) is 14.8 Å². The zero-order valence-electron chi connectivity index (χ0n) is 18.3. The van der Waals surface area contributed by atoms with E-state index in [2.05, 4.69) is 15.2 Å². The molecule has 0 atom stereocenters. The topological polar surface area (TPSA) is 88.7 Å². The second-order valence-electron chi connectivity index (χ2n) is 9.22. The van der Waals surface area contributed by atoms with E-state index in [9.17, 15) is 14.7 Å². The molecule has 1 aromatic heterocycles. The number of benzene rings is 1. The van der Waals surface area contributed by atoms with Gasteiger partial charge in [-0.15, -0.1) is 0 Å². The molecule has 8 heteroatoms. The van der Waals surface area contributed by atoms with Crippen LogP contribution >= 0.6 is 11.6 Å². The predicted octanol–water partition coefficient (Wildman–Crippen LogP) is 2.92. The Balaban J connectivity index is 1.43. The van der Waals surface area contributed by atoms with E-state index in [1.54, 1.807) is 29.2 Å². The number of anilines is 1. The van der Waals surface area contributed by atoms with E-state index < -0.39 is 5.60 Å². The SMILES string of the molecule is Cc1c(/C=C2\C(=O)Nc3ccc(Cl)cc32)[nH]c2c1C(=O)N(CC1(O)CCN(C)CC1)CC2. The summed E-state index contributed by atoms with van der Waals surface area (Å²) < 4.78 is 0. The first-order chi connectivity index (χ1) is 15.2. The van der Waals surface area contributed by atoms with Gasteiger partial charge in [-0.1, -0.05) is 11.6 Å². The average Bonchev–Trinajstić information content (AvgIpc) is 3.24. The van der Waals surface area contributed by atoms with Crippen LogP contribution < -0.4 is 5.32 Å². The van der Waals surface area contributed by atoms with E-state index in [0.29, 0.717) is 48.5 Å². The molecule has 1 saturated heterocycles. The van der Waals surface area contributed by atoms with Gasteiger partial charge in [0.05, 0.1) is 16.7 Å². The van der Waals surface area contributed by atoms with Crippen molar-refractivity contribution in [2.24, 2.45) is 0 Å². The van der Waals surface area contributed by atoms with Gasteiger partial charge in [0.1, 0.15) is 0 Å². The molecular weight excluding hydrogens is 428 g/mol. The molecule has 0 aliphatic carbocycles. The van der Waals surface area contributed by atoms with Crippen LogP contribution in [0.3, 0.4) is 0 Å². The van der Waals surface area contributed by atoms with Crippen molar-refractivity contribution in [3.05, 3.63) is 51.3 Å². The third kappa shape index (κ3) is 3.64. The number of nitrogens with zero attached hydrogens (tertiary/aromatic N) is 2. The zero-order valence-corrected chi connectivity index (χ0v) is 19.1. The number of piperidine rings is 1. The number of fused-ring (bicyclic) bond motifs is 2. The van der Waals surface area contributed by atoms with Crippen molar-refractivity contribution in [3.63, 3.8) is 0 Å². The summed E-state index contributed by atoms with van der Waals surface area (Å²) >= 11 is 6.14. The number of likely N-dealkylation sites (tertiary alicyclic amines) is 1. The Kier molecular flexibility index (Phi) is 5.15. The minimum Gasteiger partial charge on any atom is -0.388 e. The quantitative estimate of drug-likeness (QED) is 0.622. The van der Waals surface area contributed by atoms with Gasteiger partial charge in [0.25, 0.3) is 11.8 Å². The number of hydrogen-bond acceptors (Lipinski definition) is 4. The maximum Gasteiger partial charge on any atom is 0.256 e. The number of amides is 2. The van der Waals surface area contributed by atoms with Gasteiger partial charge in [-0.25, -0.2) is 0 Å². The molecule has 0 spiro atoms. The Morgan fingerprint density at radius 1 is 1.22 bits per heavy atom. The van der Waals surface area contributed by atoms with Crippen molar-refractivity contribution < 1.29 is 14.7 Å². The van der Waals surface area contributed by atoms with E-state index in [-0.39, 0.29) is 11.8 Å². The van der Waals surface area contributed by atoms with E-state index in [1.165, 1.54) is 0 Å². The number of carbonyl (C=O) groups excluding carboxylic acids is 2. The molecule has 3 aliphatic heterocycles. The van der Waals surface area contributed by atoms with Gasteiger partial charge in [0.15, 0.2) is 0 Å². The van der Waals surface area contributed by atoms with Gasteiger partial charge < -0.3 is 25.2 Å². The van der Waals surface area contributed by atoms with Crippen molar-refractivity contribution in [2.75, 3.05) is 38.5 Å². The van der Waals surface area contributed by atoms with Crippen molar-refractivity contribution in [3.8, 4) is 0 Å². The highest BCUT2D eigenvalue weighted by molar-refractivity contribution is 6.36. The number of aliphatic hydroxyl groups is 1. The summed E-state index contributed by atoms with van der Waals surface area (Å²) in [6, 6.07) is 5.31. The first-order valence-corrected chi connectivity index (χ1v) is 11.4. The van der Waals surface area contributed by atoms with Crippen LogP contribution in [0.2, 0.25) is 5.02 Å². The lowest BCUT2D eigenvalue weighted by atomic mass is 9.90. The molecule has 4 heterocycles. The molecular formula is C24H27ClN4O3. The second-order valence-corrected chi connectivity index (χ2v) is 9.66. The van der Waals surface area contributed by atoms with Crippen LogP contribution in [0.1, 0.15) is 45.7 Å².